The molecule has 100 valence electrons. The Balaban J connectivity index is 1.63. The first-order valence-corrected chi connectivity index (χ1v) is 6.57. The van der Waals surface area contributed by atoms with E-state index in [0.717, 1.165) is 44.0 Å². The molecule has 6 heteroatoms. The van der Waals surface area contributed by atoms with E-state index < -0.39 is 0 Å². The van der Waals surface area contributed by atoms with Gasteiger partial charge >= 0.3 is 0 Å². The van der Waals surface area contributed by atoms with E-state index in [1.165, 1.54) is 0 Å². The van der Waals surface area contributed by atoms with Crippen LogP contribution in [-0.2, 0) is 4.74 Å². The van der Waals surface area contributed by atoms with Crippen molar-refractivity contribution in [3.8, 4) is 5.69 Å². The number of anilines is 1. The fourth-order valence-corrected chi connectivity index (χ4v) is 2.25. The average molecular weight is 259 g/mol. The van der Waals surface area contributed by atoms with Crippen molar-refractivity contribution in [2.24, 2.45) is 5.92 Å². The molecule has 0 aliphatic carbocycles. The summed E-state index contributed by atoms with van der Waals surface area (Å²) in [5.41, 5.74) is 2.06. The predicted octanol–water partition coefficient (Wildman–Crippen LogP) is 1.50. The van der Waals surface area contributed by atoms with Gasteiger partial charge in [0.2, 0.25) is 0 Å². The Morgan fingerprint density at radius 3 is 3.00 bits per heavy atom. The Hall–Kier alpha value is -1.95. The van der Waals surface area contributed by atoms with Gasteiger partial charge in [-0.1, -0.05) is 6.07 Å². The highest BCUT2D eigenvalue weighted by molar-refractivity contribution is 5.50. The van der Waals surface area contributed by atoms with E-state index >= 15 is 0 Å². The first-order valence-electron chi connectivity index (χ1n) is 6.57. The molecule has 3 rings (SSSR count). The summed E-state index contributed by atoms with van der Waals surface area (Å²) in [6.45, 7) is 2.76. The molecular weight excluding hydrogens is 242 g/mol. The second-order valence-corrected chi connectivity index (χ2v) is 4.74. The molecule has 0 saturated carbocycles. The fourth-order valence-electron chi connectivity index (χ4n) is 2.25. The number of hydrogen-bond acceptors (Lipinski definition) is 5. The zero-order valence-electron chi connectivity index (χ0n) is 10.7. The summed E-state index contributed by atoms with van der Waals surface area (Å²) in [6.07, 6.45) is 3.87. The van der Waals surface area contributed by atoms with Gasteiger partial charge in [0, 0.05) is 25.4 Å². The summed E-state index contributed by atoms with van der Waals surface area (Å²) < 4.78 is 7.02. The van der Waals surface area contributed by atoms with Crippen LogP contribution in [0.15, 0.2) is 30.6 Å². The number of benzene rings is 1. The maximum Gasteiger partial charge on any atom is 0.143 e. The Labute approximate surface area is 111 Å². The van der Waals surface area contributed by atoms with Crippen LogP contribution in [0.25, 0.3) is 5.69 Å². The van der Waals surface area contributed by atoms with Gasteiger partial charge in [-0.15, -0.1) is 5.10 Å². The molecule has 6 nitrogen and oxygen atoms in total. The smallest absolute Gasteiger partial charge is 0.143 e. The van der Waals surface area contributed by atoms with Crippen LogP contribution in [0, 0.1) is 5.92 Å². The molecule has 0 radical (unpaired) electrons. The zero-order valence-corrected chi connectivity index (χ0v) is 10.7. The third-order valence-electron chi connectivity index (χ3n) is 3.40. The van der Waals surface area contributed by atoms with Gasteiger partial charge in [0.05, 0.1) is 5.69 Å². The van der Waals surface area contributed by atoms with Gasteiger partial charge < -0.3 is 10.1 Å². The van der Waals surface area contributed by atoms with Gasteiger partial charge in [-0.25, -0.2) is 4.68 Å². The number of nitrogens with one attached hydrogen (secondary N) is 1. The molecule has 1 aromatic carbocycles. The molecule has 1 aromatic heterocycles. The first kappa shape index (κ1) is 12.1. The van der Waals surface area contributed by atoms with Crippen LogP contribution < -0.4 is 5.32 Å². The van der Waals surface area contributed by atoms with Gasteiger partial charge in [0.25, 0.3) is 0 Å². The van der Waals surface area contributed by atoms with Gasteiger partial charge in [-0.3, -0.25) is 0 Å². The topological polar surface area (TPSA) is 64.9 Å². The van der Waals surface area contributed by atoms with Gasteiger partial charge in [0.15, 0.2) is 0 Å². The third-order valence-corrected chi connectivity index (χ3v) is 3.40. The largest absolute Gasteiger partial charge is 0.385 e. The molecule has 2 heterocycles. The predicted molar refractivity (Wildman–Crippen MR) is 71.2 cm³/mol. The number of hydrogen-bond donors (Lipinski definition) is 1. The minimum Gasteiger partial charge on any atom is -0.385 e. The standard InChI is InChI=1S/C13H17N5O/c1-2-12(14-9-11-4-6-19-7-5-11)8-13(3-1)18-10-15-16-17-18/h1-3,8,10-11,14H,4-7,9H2. The molecule has 1 saturated heterocycles. The summed E-state index contributed by atoms with van der Waals surface area (Å²) in [5.74, 6) is 0.699. The minimum absolute atomic E-state index is 0.699. The molecule has 0 bridgehead atoms. The molecule has 0 spiro atoms. The normalized spacial score (nSPS) is 16.4. The van der Waals surface area contributed by atoms with E-state index in [2.05, 4.69) is 33.0 Å². The molecular formula is C13H17N5O. The average Bonchev–Trinajstić information content (AvgIpc) is 3.01. The van der Waals surface area contributed by atoms with Crippen molar-refractivity contribution in [3.05, 3.63) is 30.6 Å². The molecule has 0 atom stereocenters. The van der Waals surface area contributed by atoms with E-state index in [1.807, 2.05) is 12.1 Å². The van der Waals surface area contributed by atoms with Crippen molar-refractivity contribution in [1.29, 1.82) is 0 Å². The van der Waals surface area contributed by atoms with Crippen molar-refractivity contribution in [3.63, 3.8) is 0 Å². The highest BCUT2D eigenvalue weighted by atomic mass is 16.5. The second-order valence-electron chi connectivity index (χ2n) is 4.74. The lowest BCUT2D eigenvalue weighted by atomic mass is 10.0. The number of rotatable bonds is 4. The summed E-state index contributed by atoms with van der Waals surface area (Å²) in [5, 5.41) is 14.7. The Kier molecular flexibility index (Phi) is 3.69. The molecule has 1 aliphatic rings. The number of nitrogens with zero attached hydrogens (tertiary/aromatic N) is 4. The van der Waals surface area contributed by atoms with Crippen LogP contribution in [0.2, 0.25) is 0 Å². The zero-order chi connectivity index (χ0) is 12.9. The van der Waals surface area contributed by atoms with Crippen LogP contribution in [-0.4, -0.2) is 40.0 Å². The molecule has 0 amide bonds. The van der Waals surface area contributed by atoms with E-state index in [1.54, 1.807) is 11.0 Å². The highest BCUT2D eigenvalue weighted by Crippen LogP contribution is 2.17. The number of tetrazole rings is 1. The lowest BCUT2D eigenvalue weighted by Gasteiger charge is -2.22. The maximum absolute atomic E-state index is 5.37. The quantitative estimate of drug-likeness (QED) is 0.901. The highest BCUT2D eigenvalue weighted by Gasteiger charge is 2.13. The van der Waals surface area contributed by atoms with Crippen LogP contribution in [0.5, 0.6) is 0 Å². The van der Waals surface area contributed by atoms with E-state index in [9.17, 15) is 0 Å². The van der Waals surface area contributed by atoms with Crippen molar-refractivity contribution in [1.82, 2.24) is 20.2 Å². The minimum atomic E-state index is 0.699. The molecule has 1 N–H and O–H groups in total. The summed E-state index contributed by atoms with van der Waals surface area (Å²) in [7, 11) is 0. The van der Waals surface area contributed by atoms with Gasteiger partial charge in [0.1, 0.15) is 6.33 Å². The summed E-state index contributed by atoms with van der Waals surface area (Å²) in [4.78, 5) is 0. The molecule has 0 unspecified atom stereocenters. The lowest BCUT2D eigenvalue weighted by Crippen LogP contribution is -2.22. The Bertz CT molecular complexity index is 508. The van der Waals surface area contributed by atoms with Crippen molar-refractivity contribution in [2.75, 3.05) is 25.1 Å². The summed E-state index contributed by atoms with van der Waals surface area (Å²) in [6, 6.07) is 8.10. The van der Waals surface area contributed by atoms with E-state index in [0.29, 0.717) is 5.92 Å². The van der Waals surface area contributed by atoms with Crippen LogP contribution >= 0.6 is 0 Å². The van der Waals surface area contributed by atoms with Crippen LogP contribution in [0.4, 0.5) is 5.69 Å². The first-order chi connectivity index (χ1) is 9.42. The number of ether oxygens (including phenoxy) is 1. The second kappa shape index (κ2) is 5.79. The van der Waals surface area contributed by atoms with Crippen molar-refractivity contribution in [2.45, 2.75) is 12.8 Å². The monoisotopic (exact) mass is 259 g/mol. The summed E-state index contributed by atoms with van der Waals surface area (Å²) >= 11 is 0. The SMILES string of the molecule is c1cc(NCC2CCOCC2)cc(-n2cnnn2)c1. The lowest BCUT2D eigenvalue weighted by molar-refractivity contribution is 0.0699. The third kappa shape index (κ3) is 3.08. The fraction of sp³-hybridized carbons (Fsp3) is 0.462. The van der Waals surface area contributed by atoms with Gasteiger partial charge in [-0.05, 0) is 47.4 Å². The maximum atomic E-state index is 5.37. The van der Waals surface area contributed by atoms with Crippen LogP contribution in [0.3, 0.4) is 0 Å². The van der Waals surface area contributed by atoms with E-state index in [4.69, 9.17) is 4.74 Å². The van der Waals surface area contributed by atoms with Crippen molar-refractivity contribution >= 4 is 5.69 Å². The number of aromatic nitrogens is 4. The molecule has 2 aromatic rings. The van der Waals surface area contributed by atoms with Crippen molar-refractivity contribution < 1.29 is 4.74 Å². The van der Waals surface area contributed by atoms with Gasteiger partial charge in [-0.2, -0.15) is 0 Å². The molecule has 1 fully saturated rings. The van der Waals surface area contributed by atoms with E-state index in [-0.39, 0.29) is 0 Å². The Morgan fingerprint density at radius 2 is 2.21 bits per heavy atom. The molecule has 1 aliphatic heterocycles. The Morgan fingerprint density at radius 1 is 1.32 bits per heavy atom. The molecule has 19 heavy (non-hydrogen) atoms. The van der Waals surface area contributed by atoms with Crippen LogP contribution in [0.1, 0.15) is 12.8 Å².